The number of piperidine rings is 1. The zero-order valence-electron chi connectivity index (χ0n) is 17.9. The molecule has 3 unspecified atom stereocenters. The molecule has 0 spiro atoms. The highest BCUT2D eigenvalue weighted by Gasteiger charge is 2.40. The van der Waals surface area contributed by atoms with Gasteiger partial charge in [-0.05, 0) is 38.6 Å². The van der Waals surface area contributed by atoms with Crippen LogP contribution in [0.25, 0.3) is 0 Å². The summed E-state index contributed by atoms with van der Waals surface area (Å²) in [6.07, 6.45) is 1.65. The van der Waals surface area contributed by atoms with Crippen LogP contribution in [0.2, 0.25) is 0 Å². The van der Waals surface area contributed by atoms with Gasteiger partial charge in [0.25, 0.3) is 0 Å². The minimum Gasteiger partial charge on any atom is -0.378 e. The van der Waals surface area contributed by atoms with Crippen molar-refractivity contribution >= 4 is 11.9 Å². The minimum absolute atomic E-state index is 0.153. The number of nitrogens with zero attached hydrogens (tertiary/aromatic N) is 3. The number of carbonyl (C=O) groups excluding carboxylic acids is 2. The quantitative estimate of drug-likeness (QED) is 0.751. The number of hydrogen-bond acceptors (Lipinski definition) is 5. The van der Waals surface area contributed by atoms with Gasteiger partial charge in [-0.15, -0.1) is 0 Å². The summed E-state index contributed by atoms with van der Waals surface area (Å²) in [6, 6.07) is 1.60. The van der Waals surface area contributed by atoms with Crippen molar-refractivity contribution in [2.45, 2.75) is 64.6 Å². The van der Waals surface area contributed by atoms with Gasteiger partial charge in [-0.25, -0.2) is 4.79 Å². The topological polar surface area (TPSA) is 97.7 Å². The molecule has 0 aromatic rings. The van der Waals surface area contributed by atoms with Crippen LogP contribution in [0.3, 0.4) is 0 Å². The second-order valence-electron chi connectivity index (χ2n) is 9.33. The molecule has 2 N–H and O–H groups in total. The molecule has 0 aliphatic carbocycles. The van der Waals surface area contributed by atoms with Crippen LogP contribution in [0, 0.1) is 16.7 Å². The number of likely N-dealkylation sites (tertiary alicyclic amines) is 1. The average molecular weight is 394 g/mol. The first-order valence-corrected chi connectivity index (χ1v) is 10.1. The van der Waals surface area contributed by atoms with E-state index in [-0.39, 0.29) is 23.4 Å². The SMILES string of the molecule is CC1CC(C#N)(NC(=O)C(CC(C)(C)C)NC(=O)N2CCOCC2)CCN1C. The molecule has 0 aromatic carbocycles. The van der Waals surface area contributed by atoms with Gasteiger partial charge in [-0.3, -0.25) is 4.79 Å². The van der Waals surface area contributed by atoms with E-state index in [9.17, 15) is 14.9 Å². The zero-order chi connectivity index (χ0) is 20.9. The summed E-state index contributed by atoms with van der Waals surface area (Å²) >= 11 is 0. The van der Waals surface area contributed by atoms with Crippen LogP contribution in [0.1, 0.15) is 47.0 Å². The minimum atomic E-state index is -0.886. The van der Waals surface area contributed by atoms with Crippen molar-refractivity contribution in [2.24, 2.45) is 5.41 Å². The lowest BCUT2D eigenvalue weighted by atomic mass is 9.83. The first-order chi connectivity index (χ1) is 13.1. The number of morpholine rings is 1. The molecule has 0 bridgehead atoms. The van der Waals surface area contributed by atoms with Crippen LogP contribution in [0.4, 0.5) is 4.79 Å². The zero-order valence-corrected chi connectivity index (χ0v) is 17.9. The van der Waals surface area contributed by atoms with Gasteiger partial charge in [0.05, 0.1) is 19.3 Å². The lowest BCUT2D eigenvalue weighted by Crippen LogP contribution is -2.61. The Morgan fingerprint density at radius 1 is 1.29 bits per heavy atom. The molecule has 2 heterocycles. The third kappa shape index (κ3) is 6.08. The summed E-state index contributed by atoms with van der Waals surface area (Å²) in [5.74, 6) is -0.283. The van der Waals surface area contributed by atoms with E-state index in [1.165, 1.54) is 0 Å². The lowest BCUT2D eigenvalue weighted by Gasteiger charge is -2.41. The van der Waals surface area contributed by atoms with E-state index in [4.69, 9.17) is 4.74 Å². The largest absolute Gasteiger partial charge is 0.378 e. The summed E-state index contributed by atoms with van der Waals surface area (Å²) in [5.41, 5.74) is -1.04. The molecule has 2 aliphatic rings. The Kier molecular flexibility index (Phi) is 7.29. The van der Waals surface area contributed by atoms with Gasteiger partial charge in [-0.2, -0.15) is 5.26 Å². The van der Waals surface area contributed by atoms with Crippen molar-refractivity contribution in [2.75, 3.05) is 39.9 Å². The number of carbonyl (C=O) groups is 2. The van der Waals surface area contributed by atoms with E-state index in [1.54, 1.807) is 4.90 Å². The van der Waals surface area contributed by atoms with Crippen LogP contribution >= 0.6 is 0 Å². The Morgan fingerprint density at radius 2 is 1.93 bits per heavy atom. The van der Waals surface area contributed by atoms with Gasteiger partial charge in [0, 0.05) is 25.7 Å². The fourth-order valence-electron chi connectivity index (χ4n) is 3.74. The molecule has 0 aromatic heterocycles. The Balaban J connectivity index is 2.09. The first kappa shape index (κ1) is 22.4. The molecule has 3 atom stereocenters. The highest BCUT2D eigenvalue weighted by molar-refractivity contribution is 5.88. The molecule has 158 valence electrons. The highest BCUT2D eigenvalue weighted by Crippen LogP contribution is 2.27. The molecular weight excluding hydrogens is 358 g/mol. The predicted octanol–water partition coefficient (Wildman–Crippen LogP) is 1.33. The van der Waals surface area contributed by atoms with Crippen molar-refractivity contribution in [3.05, 3.63) is 0 Å². The van der Waals surface area contributed by atoms with E-state index in [0.29, 0.717) is 45.6 Å². The lowest BCUT2D eigenvalue weighted by molar-refractivity contribution is -0.125. The van der Waals surface area contributed by atoms with Gasteiger partial charge < -0.3 is 25.2 Å². The average Bonchev–Trinajstić information content (AvgIpc) is 2.64. The van der Waals surface area contributed by atoms with Crippen molar-refractivity contribution in [3.63, 3.8) is 0 Å². The number of hydrogen-bond donors (Lipinski definition) is 2. The molecular formula is C20H35N5O3. The van der Waals surface area contributed by atoms with Crippen LogP contribution in [-0.2, 0) is 9.53 Å². The van der Waals surface area contributed by atoms with Crippen LogP contribution < -0.4 is 10.6 Å². The predicted molar refractivity (Wildman–Crippen MR) is 107 cm³/mol. The van der Waals surface area contributed by atoms with Crippen LogP contribution in [0.5, 0.6) is 0 Å². The fourth-order valence-corrected chi connectivity index (χ4v) is 3.74. The highest BCUT2D eigenvalue weighted by atomic mass is 16.5. The van der Waals surface area contributed by atoms with Gasteiger partial charge >= 0.3 is 6.03 Å². The Morgan fingerprint density at radius 3 is 2.46 bits per heavy atom. The standard InChI is InChI=1S/C20H35N5O3/c1-15-12-20(14-21,6-7-24(15)5)23-17(26)16(13-19(2,3)4)22-18(27)25-8-10-28-11-9-25/h15-16H,6-13H2,1-5H3,(H,22,27)(H,23,26). The van der Waals surface area contributed by atoms with E-state index in [2.05, 4.69) is 28.5 Å². The van der Waals surface area contributed by atoms with Gasteiger partial charge in [0.1, 0.15) is 11.6 Å². The summed E-state index contributed by atoms with van der Waals surface area (Å²) < 4.78 is 5.29. The van der Waals surface area contributed by atoms with Crippen molar-refractivity contribution in [1.82, 2.24) is 20.4 Å². The maximum absolute atomic E-state index is 13.1. The number of ether oxygens (including phenoxy) is 1. The molecule has 8 heteroatoms. The van der Waals surface area contributed by atoms with Crippen molar-refractivity contribution in [3.8, 4) is 6.07 Å². The molecule has 3 amide bonds. The van der Waals surface area contributed by atoms with E-state index in [0.717, 1.165) is 6.54 Å². The maximum atomic E-state index is 13.1. The van der Waals surface area contributed by atoms with Gasteiger partial charge in [-0.1, -0.05) is 20.8 Å². The smallest absolute Gasteiger partial charge is 0.318 e. The van der Waals surface area contributed by atoms with Gasteiger partial charge in [0.15, 0.2) is 0 Å². The van der Waals surface area contributed by atoms with Gasteiger partial charge in [0.2, 0.25) is 5.91 Å². The molecule has 0 radical (unpaired) electrons. The Bertz CT molecular complexity index is 606. The molecule has 0 saturated carbocycles. The van der Waals surface area contributed by atoms with Crippen LogP contribution in [-0.4, -0.2) is 79.3 Å². The molecule has 2 aliphatic heterocycles. The molecule has 2 fully saturated rings. The Hall–Kier alpha value is -1.85. The third-order valence-corrected chi connectivity index (χ3v) is 5.59. The number of nitrogens with one attached hydrogen (secondary N) is 2. The number of rotatable bonds is 4. The summed E-state index contributed by atoms with van der Waals surface area (Å²) in [5, 5.41) is 15.7. The van der Waals surface area contributed by atoms with Crippen molar-refractivity contribution in [1.29, 1.82) is 5.26 Å². The number of amides is 3. The molecule has 2 rings (SSSR count). The van der Waals surface area contributed by atoms with Crippen LogP contribution in [0.15, 0.2) is 0 Å². The van der Waals surface area contributed by atoms with E-state index < -0.39 is 11.6 Å². The normalized spacial score (nSPS) is 27.6. The van der Waals surface area contributed by atoms with Crippen molar-refractivity contribution < 1.29 is 14.3 Å². The monoisotopic (exact) mass is 393 g/mol. The maximum Gasteiger partial charge on any atom is 0.318 e. The molecule has 8 nitrogen and oxygen atoms in total. The number of urea groups is 1. The second-order valence-corrected chi connectivity index (χ2v) is 9.33. The third-order valence-electron chi connectivity index (χ3n) is 5.59. The molecule has 2 saturated heterocycles. The number of nitriles is 1. The van der Waals surface area contributed by atoms with E-state index in [1.807, 2.05) is 27.8 Å². The summed E-state index contributed by atoms with van der Waals surface area (Å²) in [4.78, 5) is 29.6. The summed E-state index contributed by atoms with van der Waals surface area (Å²) in [6.45, 7) is 11.0. The van der Waals surface area contributed by atoms with E-state index >= 15 is 0 Å². The summed E-state index contributed by atoms with van der Waals surface area (Å²) in [7, 11) is 2.03. The second kappa shape index (κ2) is 9.10. The Labute approximate surface area is 168 Å². The molecule has 28 heavy (non-hydrogen) atoms. The first-order valence-electron chi connectivity index (χ1n) is 10.1. The fraction of sp³-hybridized carbons (Fsp3) is 0.850.